The SMILES string of the molecule is COCCCCOCC1CCN(c2ccc(-c3nnc(-c4ccc(C(=O)O)cc4)s3)cc2)CC1. The third-order valence-electron chi connectivity index (χ3n) is 6.14. The number of aromatic carboxylic acids is 1. The van der Waals surface area contributed by atoms with Crippen LogP contribution in [0, 0.1) is 5.92 Å². The van der Waals surface area contributed by atoms with Crippen LogP contribution in [0.4, 0.5) is 5.69 Å². The molecule has 1 N–H and O–H groups in total. The number of nitrogens with zero attached hydrogens (tertiary/aromatic N) is 3. The minimum Gasteiger partial charge on any atom is -0.478 e. The first-order chi connectivity index (χ1) is 16.6. The van der Waals surface area contributed by atoms with Crippen molar-refractivity contribution in [3.05, 3.63) is 54.1 Å². The first kappa shape index (κ1) is 24.3. The number of ether oxygens (including phenoxy) is 2. The Morgan fingerprint density at radius 1 is 0.971 bits per heavy atom. The van der Waals surface area contributed by atoms with Crippen LogP contribution in [-0.4, -0.2) is 61.3 Å². The lowest BCUT2D eigenvalue weighted by Crippen LogP contribution is -2.35. The third-order valence-corrected chi connectivity index (χ3v) is 7.16. The molecule has 0 spiro atoms. The quantitative estimate of drug-likeness (QED) is 0.375. The summed E-state index contributed by atoms with van der Waals surface area (Å²) in [6.45, 7) is 4.59. The van der Waals surface area contributed by atoms with E-state index >= 15 is 0 Å². The number of unbranched alkanes of at least 4 members (excludes halogenated alkanes) is 1. The normalized spacial score (nSPS) is 14.4. The monoisotopic (exact) mass is 481 g/mol. The molecule has 7 nitrogen and oxygen atoms in total. The molecular formula is C26H31N3O4S. The summed E-state index contributed by atoms with van der Waals surface area (Å²) >= 11 is 1.50. The van der Waals surface area contributed by atoms with Crippen molar-refractivity contribution in [3.63, 3.8) is 0 Å². The zero-order chi connectivity index (χ0) is 23.8. The smallest absolute Gasteiger partial charge is 0.335 e. The Morgan fingerprint density at radius 3 is 2.15 bits per heavy atom. The second kappa shape index (κ2) is 12.1. The fraction of sp³-hybridized carbons (Fsp3) is 0.423. The van der Waals surface area contributed by atoms with Gasteiger partial charge in [0.25, 0.3) is 0 Å². The maximum absolute atomic E-state index is 11.0. The molecule has 1 aromatic heterocycles. The Morgan fingerprint density at radius 2 is 1.56 bits per heavy atom. The van der Waals surface area contributed by atoms with Gasteiger partial charge in [-0.05, 0) is 68.0 Å². The molecule has 0 saturated carbocycles. The van der Waals surface area contributed by atoms with E-state index in [2.05, 4.69) is 39.4 Å². The highest BCUT2D eigenvalue weighted by molar-refractivity contribution is 7.17. The topological polar surface area (TPSA) is 84.8 Å². The Bertz CT molecular complexity index is 1040. The summed E-state index contributed by atoms with van der Waals surface area (Å²) in [6.07, 6.45) is 4.43. The van der Waals surface area contributed by atoms with Gasteiger partial charge in [-0.2, -0.15) is 0 Å². The largest absolute Gasteiger partial charge is 0.478 e. The number of methoxy groups -OCH3 is 1. The van der Waals surface area contributed by atoms with Crippen molar-refractivity contribution >= 4 is 23.0 Å². The molecule has 0 radical (unpaired) electrons. The Balaban J connectivity index is 1.27. The van der Waals surface area contributed by atoms with E-state index in [-0.39, 0.29) is 5.56 Å². The van der Waals surface area contributed by atoms with Gasteiger partial charge >= 0.3 is 5.97 Å². The molecule has 8 heteroatoms. The van der Waals surface area contributed by atoms with E-state index in [9.17, 15) is 4.79 Å². The Labute approximate surface area is 204 Å². The molecule has 4 rings (SSSR count). The highest BCUT2D eigenvalue weighted by Gasteiger charge is 2.20. The van der Waals surface area contributed by atoms with E-state index in [0.717, 1.165) is 79.7 Å². The first-order valence-electron chi connectivity index (χ1n) is 11.7. The molecule has 2 heterocycles. The zero-order valence-corrected chi connectivity index (χ0v) is 20.3. The van der Waals surface area contributed by atoms with Crippen LogP contribution in [0.15, 0.2) is 48.5 Å². The van der Waals surface area contributed by atoms with E-state index < -0.39 is 5.97 Å². The second-order valence-electron chi connectivity index (χ2n) is 8.55. The van der Waals surface area contributed by atoms with Gasteiger partial charge in [0.15, 0.2) is 0 Å². The van der Waals surface area contributed by atoms with Crippen molar-refractivity contribution in [2.24, 2.45) is 5.92 Å². The number of carbonyl (C=O) groups is 1. The highest BCUT2D eigenvalue weighted by Crippen LogP contribution is 2.32. The number of aromatic nitrogens is 2. The molecule has 0 bridgehead atoms. The molecule has 0 aliphatic carbocycles. The van der Waals surface area contributed by atoms with Crippen LogP contribution in [-0.2, 0) is 9.47 Å². The summed E-state index contributed by atoms with van der Waals surface area (Å²) in [5, 5.41) is 19.3. The summed E-state index contributed by atoms with van der Waals surface area (Å²) in [7, 11) is 1.74. The van der Waals surface area contributed by atoms with Gasteiger partial charge in [0.2, 0.25) is 0 Å². The fourth-order valence-electron chi connectivity index (χ4n) is 4.09. The van der Waals surface area contributed by atoms with E-state index in [1.54, 1.807) is 31.4 Å². The summed E-state index contributed by atoms with van der Waals surface area (Å²) in [5.41, 5.74) is 3.40. The van der Waals surface area contributed by atoms with Crippen molar-refractivity contribution in [2.75, 3.05) is 44.9 Å². The van der Waals surface area contributed by atoms with E-state index in [4.69, 9.17) is 14.6 Å². The molecule has 1 aliphatic heterocycles. The predicted molar refractivity (Wildman–Crippen MR) is 135 cm³/mol. The van der Waals surface area contributed by atoms with Gasteiger partial charge in [0.1, 0.15) is 10.0 Å². The van der Waals surface area contributed by atoms with E-state index in [1.165, 1.54) is 17.0 Å². The average Bonchev–Trinajstić information content (AvgIpc) is 3.37. The third kappa shape index (κ3) is 6.40. The van der Waals surface area contributed by atoms with Gasteiger partial charge < -0.3 is 19.5 Å². The minimum atomic E-state index is -0.934. The number of carboxylic acid groups (broad SMARTS) is 1. The molecule has 1 fully saturated rings. The molecule has 2 aromatic carbocycles. The number of anilines is 1. The van der Waals surface area contributed by atoms with Gasteiger partial charge in [-0.15, -0.1) is 10.2 Å². The van der Waals surface area contributed by atoms with Crippen LogP contribution in [0.3, 0.4) is 0 Å². The van der Waals surface area contributed by atoms with Crippen LogP contribution < -0.4 is 4.90 Å². The summed E-state index contributed by atoms with van der Waals surface area (Å²) in [4.78, 5) is 13.5. The van der Waals surface area contributed by atoms with Crippen LogP contribution in [0.1, 0.15) is 36.0 Å². The maximum Gasteiger partial charge on any atom is 0.335 e. The lowest BCUT2D eigenvalue weighted by atomic mass is 9.97. The molecule has 1 aliphatic rings. The van der Waals surface area contributed by atoms with E-state index in [1.807, 2.05) is 0 Å². The van der Waals surface area contributed by atoms with Gasteiger partial charge in [-0.25, -0.2) is 4.79 Å². The lowest BCUT2D eigenvalue weighted by Gasteiger charge is -2.33. The molecule has 180 valence electrons. The molecule has 1 saturated heterocycles. The molecule has 0 unspecified atom stereocenters. The van der Waals surface area contributed by atoms with Crippen molar-refractivity contribution in [1.82, 2.24) is 10.2 Å². The van der Waals surface area contributed by atoms with Crippen molar-refractivity contribution in [2.45, 2.75) is 25.7 Å². The summed E-state index contributed by atoms with van der Waals surface area (Å²) in [6, 6.07) is 15.2. The maximum atomic E-state index is 11.0. The molecule has 3 aromatic rings. The number of hydrogen-bond acceptors (Lipinski definition) is 7. The van der Waals surface area contributed by atoms with Crippen LogP contribution in [0.2, 0.25) is 0 Å². The first-order valence-corrected chi connectivity index (χ1v) is 12.5. The number of hydrogen-bond donors (Lipinski definition) is 1. The Hall–Kier alpha value is -2.81. The molecule has 0 amide bonds. The lowest BCUT2D eigenvalue weighted by molar-refractivity contribution is 0.0697. The van der Waals surface area contributed by atoms with Gasteiger partial charge in [0.05, 0.1) is 5.56 Å². The molecule has 34 heavy (non-hydrogen) atoms. The van der Waals surface area contributed by atoms with Crippen LogP contribution >= 0.6 is 11.3 Å². The zero-order valence-electron chi connectivity index (χ0n) is 19.5. The van der Waals surface area contributed by atoms with Crippen molar-refractivity contribution in [1.29, 1.82) is 0 Å². The minimum absolute atomic E-state index is 0.263. The predicted octanol–water partition coefficient (Wildman–Crippen LogP) is 5.23. The Kier molecular flexibility index (Phi) is 8.62. The number of rotatable bonds is 11. The van der Waals surface area contributed by atoms with E-state index in [0.29, 0.717) is 5.92 Å². The number of benzene rings is 2. The van der Waals surface area contributed by atoms with Crippen LogP contribution in [0.5, 0.6) is 0 Å². The highest BCUT2D eigenvalue weighted by atomic mass is 32.1. The van der Waals surface area contributed by atoms with Gasteiger partial charge in [-0.3, -0.25) is 0 Å². The second-order valence-corrected chi connectivity index (χ2v) is 9.52. The number of piperidine rings is 1. The molecular weight excluding hydrogens is 450 g/mol. The van der Waals surface area contributed by atoms with Crippen molar-refractivity contribution < 1.29 is 19.4 Å². The van der Waals surface area contributed by atoms with Crippen LogP contribution in [0.25, 0.3) is 21.1 Å². The standard InChI is InChI=1S/C26H31N3O4S/c1-32-16-2-3-17-33-18-19-12-14-29(15-13-19)23-10-8-21(9-11-23)25-28-27-24(34-25)20-4-6-22(7-5-20)26(30)31/h4-11,19H,2-3,12-18H2,1H3,(H,30,31). The summed E-state index contributed by atoms with van der Waals surface area (Å²) in [5.74, 6) is -0.293. The summed E-state index contributed by atoms with van der Waals surface area (Å²) < 4.78 is 10.9. The van der Waals surface area contributed by atoms with Gasteiger partial charge in [0, 0.05) is 56.8 Å². The fourth-order valence-corrected chi connectivity index (χ4v) is 4.94. The average molecular weight is 482 g/mol. The van der Waals surface area contributed by atoms with Crippen molar-refractivity contribution in [3.8, 4) is 21.1 Å². The molecule has 0 atom stereocenters. The number of carboxylic acids is 1. The van der Waals surface area contributed by atoms with Gasteiger partial charge in [-0.1, -0.05) is 23.5 Å².